The van der Waals surface area contributed by atoms with Crippen LogP contribution in [0.4, 0.5) is 5.69 Å². The van der Waals surface area contributed by atoms with Gasteiger partial charge in [0.1, 0.15) is 12.4 Å². The van der Waals surface area contributed by atoms with Gasteiger partial charge in [-0.05, 0) is 41.1 Å². The van der Waals surface area contributed by atoms with E-state index in [1.807, 2.05) is 48.5 Å². The Morgan fingerprint density at radius 3 is 2.56 bits per heavy atom. The Kier molecular flexibility index (Phi) is 4.01. The number of ether oxygens (including phenoxy) is 1. The van der Waals surface area contributed by atoms with E-state index in [0.29, 0.717) is 24.4 Å². The van der Waals surface area contributed by atoms with Crippen LogP contribution in [0.15, 0.2) is 65.1 Å². The number of carbonyl (C=O) groups excluding carboxylic acids is 2. The minimum Gasteiger partial charge on any atom is -0.492 e. The van der Waals surface area contributed by atoms with Gasteiger partial charge in [-0.1, -0.05) is 46.3 Å². The van der Waals surface area contributed by atoms with Crippen LogP contribution in [0.3, 0.4) is 0 Å². The Labute approximate surface area is 153 Å². The lowest BCUT2D eigenvalue weighted by Crippen LogP contribution is -2.33. The summed E-state index contributed by atoms with van der Waals surface area (Å²) in [4.78, 5) is 25.8. The van der Waals surface area contributed by atoms with Crippen LogP contribution in [0.2, 0.25) is 0 Å². The van der Waals surface area contributed by atoms with E-state index in [2.05, 4.69) is 15.9 Å². The molecule has 1 aliphatic rings. The molecule has 0 unspecified atom stereocenters. The fourth-order valence-corrected chi connectivity index (χ4v) is 3.37. The largest absolute Gasteiger partial charge is 0.492 e. The average Bonchev–Trinajstić information content (AvgIpc) is 2.86. The van der Waals surface area contributed by atoms with Gasteiger partial charge in [0.2, 0.25) is 0 Å². The van der Waals surface area contributed by atoms with E-state index >= 15 is 0 Å². The molecule has 4 nitrogen and oxygen atoms in total. The van der Waals surface area contributed by atoms with Gasteiger partial charge in [0.15, 0.2) is 0 Å². The molecule has 3 aromatic rings. The fraction of sp³-hybridized carbons (Fsp3) is 0.100. The number of hydrogen-bond donors (Lipinski definition) is 0. The molecule has 1 heterocycles. The van der Waals surface area contributed by atoms with Gasteiger partial charge in [-0.15, -0.1) is 0 Å². The van der Waals surface area contributed by atoms with Gasteiger partial charge in [0, 0.05) is 4.47 Å². The highest BCUT2D eigenvalue weighted by molar-refractivity contribution is 9.10. The van der Waals surface area contributed by atoms with Crippen LogP contribution >= 0.6 is 15.9 Å². The normalized spacial score (nSPS) is 13.4. The molecule has 0 spiro atoms. The summed E-state index contributed by atoms with van der Waals surface area (Å²) in [5, 5.41) is 2.25. The first-order valence-electron chi connectivity index (χ1n) is 7.91. The SMILES string of the molecule is O=C1C(=O)N(CCOc2ccc3ccccc3c2)c2ccc(Br)cc21. The second-order valence-electron chi connectivity index (χ2n) is 5.80. The van der Waals surface area contributed by atoms with Crippen molar-refractivity contribution in [1.82, 2.24) is 0 Å². The van der Waals surface area contributed by atoms with Crippen LogP contribution in [0.5, 0.6) is 5.75 Å². The number of ketones is 1. The van der Waals surface area contributed by atoms with Crippen LogP contribution in [0.25, 0.3) is 10.8 Å². The standard InChI is InChI=1S/C20H14BrNO3/c21-15-6-8-18-17(12-15)19(23)20(24)22(18)9-10-25-16-7-5-13-3-1-2-4-14(13)11-16/h1-8,11-12H,9-10H2. The van der Waals surface area contributed by atoms with E-state index in [1.54, 1.807) is 12.1 Å². The van der Waals surface area contributed by atoms with Crippen molar-refractivity contribution < 1.29 is 14.3 Å². The molecule has 3 aromatic carbocycles. The third-order valence-corrected chi connectivity index (χ3v) is 4.73. The van der Waals surface area contributed by atoms with Crippen LogP contribution in [-0.4, -0.2) is 24.8 Å². The Morgan fingerprint density at radius 2 is 1.72 bits per heavy atom. The second-order valence-corrected chi connectivity index (χ2v) is 6.72. The van der Waals surface area contributed by atoms with E-state index < -0.39 is 11.7 Å². The molecule has 0 saturated carbocycles. The van der Waals surface area contributed by atoms with Gasteiger partial charge in [0.25, 0.3) is 11.7 Å². The van der Waals surface area contributed by atoms with E-state index in [1.165, 1.54) is 4.90 Å². The number of anilines is 1. The molecule has 1 aliphatic heterocycles. The number of halogens is 1. The number of Topliss-reactive ketones (excluding diaryl/α,β-unsaturated/α-hetero) is 1. The van der Waals surface area contributed by atoms with Gasteiger partial charge in [0.05, 0.1) is 17.8 Å². The molecular weight excluding hydrogens is 382 g/mol. The number of rotatable bonds is 4. The summed E-state index contributed by atoms with van der Waals surface area (Å²) in [5.74, 6) is -0.232. The average molecular weight is 396 g/mol. The lowest BCUT2D eigenvalue weighted by Gasteiger charge is -2.17. The first kappa shape index (κ1) is 15.8. The summed E-state index contributed by atoms with van der Waals surface area (Å²) in [6, 6.07) is 19.2. The molecule has 0 atom stereocenters. The lowest BCUT2D eigenvalue weighted by atomic mass is 10.1. The lowest BCUT2D eigenvalue weighted by molar-refractivity contribution is -0.114. The molecule has 0 N–H and O–H groups in total. The summed E-state index contributed by atoms with van der Waals surface area (Å²) in [5.41, 5.74) is 1.07. The molecule has 0 fully saturated rings. The first-order valence-corrected chi connectivity index (χ1v) is 8.70. The highest BCUT2D eigenvalue weighted by Crippen LogP contribution is 2.31. The third kappa shape index (κ3) is 2.91. The number of nitrogens with zero attached hydrogens (tertiary/aromatic N) is 1. The van der Waals surface area contributed by atoms with Crippen molar-refractivity contribution >= 4 is 44.1 Å². The van der Waals surface area contributed by atoms with Crippen molar-refractivity contribution in [2.75, 3.05) is 18.1 Å². The van der Waals surface area contributed by atoms with Gasteiger partial charge in [-0.2, -0.15) is 0 Å². The zero-order valence-corrected chi connectivity index (χ0v) is 14.8. The maximum absolute atomic E-state index is 12.2. The summed E-state index contributed by atoms with van der Waals surface area (Å²) in [7, 11) is 0. The van der Waals surface area contributed by atoms with Crippen LogP contribution in [0, 0.1) is 0 Å². The van der Waals surface area contributed by atoms with Crippen LogP contribution in [0.1, 0.15) is 10.4 Å². The Balaban J connectivity index is 1.48. The monoisotopic (exact) mass is 395 g/mol. The van der Waals surface area contributed by atoms with E-state index in [9.17, 15) is 9.59 Å². The highest BCUT2D eigenvalue weighted by Gasteiger charge is 2.35. The van der Waals surface area contributed by atoms with Gasteiger partial charge >= 0.3 is 0 Å². The number of benzene rings is 3. The van der Waals surface area contributed by atoms with Crippen LogP contribution < -0.4 is 9.64 Å². The number of amides is 1. The summed E-state index contributed by atoms with van der Waals surface area (Å²) in [6.45, 7) is 0.638. The maximum atomic E-state index is 12.2. The third-order valence-electron chi connectivity index (χ3n) is 4.24. The predicted octanol–water partition coefficient (Wildman–Crippen LogP) is 4.21. The minimum absolute atomic E-state index is 0.312. The summed E-state index contributed by atoms with van der Waals surface area (Å²) in [6.07, 6.45) is 0. The molecular formula is C20H14BrNO3. The van der Waals surface area contributed by atoms with Gasteiger partial charge in [-0.25, -0.2) is 0 Å². The minimum atomic E-state index is -0.504. The van der Waals surface area contributed by atoms with Crippen molar-refractivity contribution in [3.05, 3.63) is 70.7 Å². The van der Waals surface area contributed by atoms with E-state index in [4.69, 9.17) is 4.74 Å². The zero-order chi connectivity index (χ0) is 17.4. The van der Waals surface area contributed by atoms with Crippen LogP contribution in [-0.2, 0) is 4.79 Å². The van der Waals surface area contributed by atoms with Crippen molar-refractivity contribution in [2.24, 2.45) is 0 Å². The molecule has 124 valence electrons. The molecule has 4 rings (SSSR count). The quantitative estimate of drug-likeness (QED) is 0.621. The summed E-state index contributed by atoms with van der Waals surface area (Å²) >= 11 is 3.33. The highest BCUT2D eigenvalue weighted by atomic mass is 79.9. The van der Waals surface area contributed by atoms with Crippen molar-refractivity contribution in [3.63, 3.8) is 0 Å². The molecule has 0 radical (unpaired) electrons. The Morgan fingerprint density at radius 1 is 0.920 bits per heavy atom. The van der Waals surface area contributed by atoms with Crippen molar-refractivity contribution in [3.8, 4) is 5.75 Å². The first-order chi connectivity index (χ1) is 12.1. The van der Waals surface area contributed by atoms with Gasteiger partial charge < -0.3 is 9.64 Å². The van der Waals surface area contributed by atoms with E-state index in [-0.39, 0.29) is 0 Å². The van der Waals surface area contributed by atoms with E-state index in [0.717, 1.165) is 21.0 Å². The topological polar surface area (TPSA) is 46.6 Å². The second kappa shape index (κ2) is 6.33. The number of fused-ring (bicyclic) bond motifs is 2. The molecule has 0 saturated heterocycles. The fourth-order valence-electron chi connectivity index (χ4n) is 3.01. The maximum Gasteiger partial charge on any atom is 0.299 e. The zero-order valence-electron chi connectivity index (χ0n) is 13.2. The molecule has 0 aromatic heterocycles. The number of carbonyl (C=O) groups is 2. The summed E-state index contributed by atoms with van der Waals surface area (Å²) < 4.78 is 6.56. The van der Waals surface area contributed by atoms with Crippen molar-refractivity contribution in [1.29, 1.82) is 0 Å². The number of hydrogen-bond acceptors (Lipinski definition) is 3. The molecule has 1 amide bonds. The Bertz CT molecular complexity index is 999. The Hall–Kier alpha value is -2.66. The predicted molar refractivity (Wildman–Crippen MR) is 100 cm³/mol. The molecule has 5 heteroatoms. The molecule has 25 heavy (non-hydrogen) atoms. The van der Waals surface area contributed by atoms with Crippen molar-refractivity contribution in [2.45, 2.75) is 0 Å². The smallest absolute Gasteiger partial charge is 0.299 e. The molecule has 0 aliphatic carbocycles. The van der Waals surface area contributed by atoms with Gasteiger partial charge in [-0.3, -0.25) is 9.59 Å². The molecule has 0 bridgehead atoms.